The van der Waals surface area contributed by atoms with Crippen molar-refractivity contribution in [1.29, 1.82) is 0 Å². The van der Waals surface area contributed by atoms with E-state index in [9.17, 15) is 26.7 Å². The van der Waals surface area contributed by atoms with Crippen molar-refractivity contribution in [2.24, 2.45) is 0 Å². The Morgan fingerprint density at radius 2 is 2.04 bits per heavy atom. The Balaban J connectivity index is 1.75. The molecule has 4 nitrogen and oxygen atoms in total. The lowest BCUT2D eigenvalue weighted by Gasteiger charge is -2.33. The fraction of sp³-hybridized carbons (Fsp3) is 0.444. The van der Waals surface area contributed by atoms with Crippen molar-refractivity contribution in [3.63, 3.8) is 0 Å². The van der Waals surface area contributed by atoms with Crippen molar-refractivity contribution in [3.8, 4) is 11.1 Å². The van der Waals surface area contributed by atoms with Gasteiger partial charge in [0, 0.05) is 36.7 Å². The average molecular weight is 387 g/mol. The van der Waals surface area contributed by atoms with Gasteiger partial charge in [-0.05, 0) is 30.5 Å². The Hall–Kier alpha value is -2.45. The van der Waals surface area contributed by atoms with Gasteiger partial charge in [0.05, 0.1) is 12.6 Å². The van der Waals surface area contributed by atoms with Crippen LogP contribution in [0.15, 0.2) is 24.4 Å². The second kappa shape index (κ2) is 7.66. The van der Waals surface area contributed by atoms with Crippen molar-refractivity contribution in [2.45, 2.75) is 37.8 Å². The third-order valence-corrected chi connectivity index (χ3v) is 4.70. The number of carbonyl (C=O) groups is 1. The van der Waals surface area contributed by atoms with E-state index in [1.54, 1.807) is 0 Å². The van der Waals surface area contributed by atoms with Crippen molar-refractivity contribution in [1.82, 2.24) is 15.1 Å². The molecule has 1 N–H and O–H groups in total. The Morgan fingerprint density at radius 3 is 2.74 bits per heavy atom. The number of benzene rings is 1. The molecule has 1 saturated heterocycles. The number of carbonyl (C=O) groups excluding carboxylic acids is 1. The summed E-state index contributed by atoms with van der Waals surface area (Å²) in [6, 6.07) is 3.52. The highest BCUT2D eigenvalue weighted by molar-refractivity contribution is 5.76. The Labute approximate surface area is 152 Å². The number of hydrogen-bond acceptors (Lipinski definition) is 2. The SMILES string of the molecule is O=C(CCC(F)(F)F)N1CCC[C@H](c2[nH]ncc2-c2ccc(F)c(F)c2)C1. The number of rotatable bonds is 4. The maximum Gasteiger partial charge on any atom is 0.389 e. The van der Waals surface area contributed by atoms with Crippen molar-refractivity contribution >= 4 is 5.91 Å². The molecule has 3 rings (SSSR count). The van der Waals surface area contributed by atoms with Crippen LogP contribution in [0, 0.1) is 11.6 Å². The van der Waals surface area contributed by atoms with Gasteiger partial charge in [0.25, 0.3) is 0 Å². The molecule has 0 bridgehead atoms. The van der Waals surface area contributed by atoms with E-state index in [1.165, 1.54) is 17.2 Å². The summed E-state index contributed by atoms with van der Waals surface area (Å²) in [5.41, 5.74) is 1.69. The second-order valence-electron chi connectivity index (χ2n) is 6.62. The first-order valence-corrected chi connectivity index (χ1v) is 8.58. The summed E-state index contributed by atoms with van der Waals surface area (Å²) < 4.78 is 63.7. The minimum absolute atomic E-state index is 0.167. The minimum Gasteiger partial charge on any atom is -0.342 e. The first-order valence-electron chi connectivity index (χ1n) is 8.58. The quantitative estimate of drug-likeness (QED) is 0.791. The van der Waals surface area contributed by atoms with Gasteiger partial charge in [0.15, 0.2) is 11.6 Å². The highest BCUT2D eigenvalue weighted by Gasteiger charge is 2.32. The van der Waals surface area contributed by atoms with Gasteiger partial charge in [-0.1, -0.05) is 6.07 Å². The van der Waals surface area contributed by atoms with E-state index in [4.69, 9.17) is 0 Å². The molecule has 1 aromatic heterocycles. The largest absolute Gasteiger partial charge is 0.389 e. The van der Waals surface area contributed by atoms with Crippen LogP contribution in [-0.2, 0) is 4.79 Å². The highest BCUT2D eigenvalue weighted by atomic mass is 19.4. The van der Waals surface area contributed by atoms with E-state index in [0.717, 1.165) is 12.1 Å². The van der Waals surface area contributed by atoms with E-state index in [2.05, 4.69) is 10.2 Å². The molecule has 1 atom stereocenters. The summed E-state index contributed by atoms with van der Waals surface area (Å²) in [6.45, 7) is 0.664. The molecular weight excluding hydrogens is 369 g/mol. The zero-order chi connectivity index (χ0) is 19.6. The lowest BCUT2D eigenvalue weighted by atomic mass is 9.90. The average Bonchev–Trinajstić information content (AvgIpc) is 3.11. The number of aromatic amines is 1. The molecule has 0 unspecified atom stereocenters. The molecule has 146 valence electrons. The normalized spacial score (nSPS) is 18.0. The number of nitrogens with one attached hydrogen (secondary N) is 1. The topological polar surface area (TPSA) is 49.0 Å². The third-order valence-electron chi connectivity index (χ3n) is 4.70. The number of hydrogen-bond donors (Lipinski definition) is 1. The van der Waals surface area contributed by atoms with E-state index in [0.29, 0.717) is 36.2 Å². The van der Waals surface area contributed by atoms with Gasteiger partial charge in [0.2, 0.25) is 5.91 Å². The van der Waals surface area contributed by atoms with Crippen LogP contribution in [0.5, 0.6) is 0 Å². The summed E-state index contributed by atoms with van der Waals surface area (Å²) >= 11 is 0. The van der Waals surface area contributed by atoms with Gasteiger partial charge in [-0.3, -0.25) is 9.89 Å². The van der Waals surface area contributed by atoms with Crippen LogP contribution in [-0.4, -0.2) is 40.3 Å². The van der Waals surface area contributed by atoms with Gasteiger partial charge >= 0.3 is 6.18 Å². The number of H-pyrrole nitrogens is 1. The number of alkyl halides is 3. The van der Waals surface area contributed by atoms with Crippen molar-refractivity contribution in [3.05, 3.63) is 41.7 Å². The third kappa shape index (κ3) is 4.64. The predicted octanol–water partition coefficient (Wildman–Crippen LogP) is 4.40. The summed E-state index contributed by atoms with van der Waals surface area (Å²) in [4.78, 5) is 13.5. The zero-order valence-corrected chi connectivity index (χ0v) is 14.3. The maximum absolute atomic E-state index is 13.5. The first kappa shape index (κ1) is 19.3. The first-order chi connectivity index (χ1) is 12.7. The maximum atomic E-state index is 13.5. The monoisotopic (exact) mass is 387 g/mol. The molecule has 9 heteroatoms. The smallest absolute Gasteiger partial charge is 0.342 e. The summed E-state index contributed by atoms with van der Waals surface area (Å²) in [5.74, 6) is -2.64. The van der Waals surface area contributed by atoms with E-state index in [-0.39, 0.29) is 12.5 Å². The van der Waals surface area contributed by atoms with Gasteiger partial charge in [0.1, 0.15) is 0 Å². The van der Waals surface area contributed by atoms with Crippen LogP contribution in [0.25, 0.3) is 11.1 Å². The molecule has 2 aromatic rings. The molecule has 1 fully saturated rings. The van der Waals surface area contributed by atoms with E-state index in [1.807, 2.05) is 0 Å². The van der Waals surface area contributed by atoms with Crippen molar-refractivity contribution in [2.75, 3.05) is 13.1 Å². The van der Waals surface area contributed by atoms with Crippen molar-refractivity contribution < 1.29 is 26.7 Å². The number of likely N-dealkylation sites (tertiary alicyclic amines) is 1. The number of aromatic nitrogens is 2. The predicted molar refractivity (Wildman–Crippen MR) is 87.8 cm³/mol. The Morgan fingerprint density at radius 1 is 1.26 bits per heavy atom. The van der Waals surface area contributed by atoms with Crippen LogP contribution in [0.2, 0.25) is 0 Å². The molecule has 1 aromatic carbocycles. The van der Waals surface area contributed by atoms with Gasteiger partial charge in [-0.25, -0.2) is 8.78 Å². The van der Waals surface area contributed by atoms with Gasteiger partial charge in [-0.2, -0.15) is 18.3 Å². The summed E-state index contributed by atoms with van der Waals surface area (Å²) in [7, 11) is 0. The highest BCUT2D eigenvalue weighted by Crippen LogP contribution is 2.34. The molecule has 0 saturated carbocycles. The van der Waals surface area contributed by atoms with E-state index >= 15 is 0 Å². The minimum atomic E-state index is -4.37. The molecule has 0 aliphatic carbocycles. The molecule has 1 amide bonds. The van der Waals surface area contributed by atoms with Gasteiger partial charge in [-0.15, -0.1) is 0 Å². The zero-order valence-electron chi connectivity index (χ0n) is 14.3. The number of nitrogens with zero attached hydrogens (tertiary/aromatic N) is 2. The molecule has 1 aliphatic heterocycles. The standard InChI is InChI=1S/C18H18F5N3O/c19-14-4-3-11(8-15(14)20)13-9-24-25-17(13)12-2-1-7-26(10-12)16(27)5-6-18(21,22)23/h3-4,8-9,12H,1-2,5-7,10H2,(H,24,25)/t12-/m0/s1. The fourth-order valence-corrected chi connectivity index (χ4v) is 3.35. The van der Waals surface area contributed by atoms with Gasteiger partial charge < -0.3 is 4.90 Å². The molecule has 27 heavy (non-hydrogen) atoms. The van der Waals surface area contributed by atoms with Crippen LogP contribution in [0.4, 0.5) is 22.0 Å². The summed E-state index contributed by atoms with van der Waals surface area (Å²) in [5, 5.41) is 6.81. The Bertz CT molecular complexity index is 818. The molecular formula is C18H18F5N3O. The number of piperidine rings is 1. The fourth-order valence-electron chi connectivity index (χ4n) is 3.35. The second-order valence-corrected chi connectivity index (χ2v) is 6.62. The van der Waals surface area contributed by atoms with E-state index < -0.39 is 36.6 Å². The van der Waals surface area contributed by atoms with Crippen LogP contribution in [0.1, 0.15) is 37.3 Å². The number of halogens is 5. The molecule has 0 radical (unpaired) electrons. The Kier molecular flexibility index (Phi) is 5.48. The lowest BCUT2D eigenvalue weighted by Crippen LogP contribution is -2.39. The summed E-state index contributed by atoms with van der Waals surface area (Å²) in [6.07, 6.45) is -3.24. The molecule has 1 aliphatic rings. The van der Waals surface area contributed by atoms with Crippen LogP contribution >= 0.6 is 0 Å². The van der Waals surface area contributed by atoms with Crippen LogP contribution < -0.4 is 0 Å². The van der Waals surface area contributed by atoms with Crippen LogP contribution in [0.3, 0.4) is 0 Å². The molecule has 0 spiro atoms. The lowest BCUT2D eigenvalue weighted by molar-refractivity contribution is -0.149. The molecule has 2 heterocycles. The number of amides is 1.